The molecule has 0 aliphatic rings. The lowest BCUT2D eigenvalue weighted by Crippen LogP contribution is -2.31. The van der Waals surface area contributed by atoms with E-state index in [2.05, 4.69) is 22.6 Å². The molecule has 0 heterocycles. The summed E-state index contributed by atoms with van der Waals surface area (Å²) >= 11 is 2.10. The largest absolute Gasteiger partial charge is 0.493 e. The molecule has 0 saturated heterocycles. The van der Waals surface area contributed by atoms with Gasteiger partial charge in [-0.25, -0.2) is 9.86 Å². The zero-order valence-electron chi connectivity index (χ0n) is 16.4. The Balaban J connectivity index is 2.52. The number of methoxy groups -OCH3 is 3. The molecule has 0 aliphatic carbocycles. The van der Waals surface area contributed by atoms with E-state index in [4.69, 9.17) is 19.0 Å². The summed E-state index contributed by atoms with van der Waals surface area (Å²) in [6, 6.07) is 7.71. The van der Waals surface area contributed by atoms with Crippen LogP contribution in [0.1, 0.15) is 26.7 Å². The first-order valence-corrected chi connectivity index (χ1v) is 10.1. The molecule has 6 nitrogen and oxygen atoms in total. The smallest absolute Gasteiger partial charge is 0.345 e. The first-order valence-electron chi connectivity index (χ1n) is 8.86. The third kappa shape index (κ3) is 4.69. The summed E-state index contributed by atoms with van der Waals surface area (Å²) in [5.74, 6) is 1.46. The van der Waals surface area contributed by atoms with Crippen molar-refractivity contribution in [1.82, 2.24) is 0 Å². The van der Waals surface area contributed by atoms with E-state index in [1.165, 1.54) is 0 Å². The molecule has 0 fully saturated rings. The molecular formula is C20H26INO5. The summed E-state index contributed by atoms with van der Waals surface area (Å²) in [6.45, 7) is 4.60. The quantitative estimate of drug-likeness (QED) is 0.289. The van der Waals surface area contributed by atoms with Crippen molar-refractivity contribution in [1.29, 1.82) is 0 Å². The second-order valence-corrected chi connectivity index (χ2v) is 7.44. The van der Waals surface area contributed by atoms with E-state index in [9.17, 15) is 4.79 Å². The summed E-state index contributed by atoms with van der Waals surface area (Å²) in [7, 11) is 4.76. The fourth-order valence-electron chi connectivity index (χ4n) is 2.77. The summed E-state index contributed by atoms with van der Waals surface area (Å²) in [5.41, 5.74) is 0.780. The minimum Gasteiger partial charge on any atom is -0.493 e. The number of carbonyl (C=O) groups is 1. The van der Waals surface area contributed by atoms with Crippen molar-refractivity contribution in [2.75, 3.05) is 32.9 Å². The van der Waals surface area contributed by atoms with Crippen LogP contribution in [0.5, 0.6) is 17.2 Å². The number of ether oxygens (including phenoxy) is 3. The fraction of sp³-hybridized carbons (Fsp3) is 0.450. The Bertz CT molecular complexity index is 796. The van der Waals surface area contributed by atoms with Gasteiger partial charge in [0, 0.05) is 5.39 Å². The van der Waals surface area contributed by atoms with Gasteiger partial charge in [0.25, 0.3) is 0 Å². The molecule has 27 heavy (non-hydrogen) atoms. The predicted octanol–water partition coefficient (Wildman–Crippen LogP) is 4.75. The number of halogens is 1. The Morgan fingerprint density at radius 3 is 2.33 bits per heavy atom. The molecule has 0 spiro atoms. The van der Waals surface area contributed by atoms with Crippen LogP contribution in [0.2, 0.25) is 0 Å². The number of anilines is 1. The van der Waals surface area contributed by atoms with Gasteiger partial charge in [0.1, 0.15) is 3.92 Å². The summed E-state index contributed by atoms with van der Waals surface area (Å²) in [4.78, 5) is 17.9. The fourth-order valence-corrected chi connectivity index (χ4v) is 2.89. The molecule has 0 saturated carbocycles. The monoisotopic (exact) mass is 487 g/mol. The van der Waals surface area contributed by atoms with Gasteiger partial charge < -0.3 is 19.0 Å². The Morgan fingerprint density at radius 2 is 1.78 bits per heavy atom. The first-order chi connectivity index (χ1) is 13.0. The van der Waals surface area contributed by atoms with Crippen LogP contribution in [0.4, 0.5) is 5.69 Å². The molecule has 0 amide bonds. The van der Waals surface area contributed by atoms with Gasteiger partial charge in [-0.05, 0) is 36.4 Å². The molecule has 2 aromatic carbocycles. The van der Waals surface area contributed by atoms with Crippen molar-refractivity contribution in [2.24, 2.45) is 0 Å². The number of fused-ring (bicyclic) bond motifs is 1. The average Bonchev–Trinajstić information content (AvgIpc) is 2.70. The highest BCUT2D eigenvalue weighted by Crippen LogP contribution is 2.44. The average molecular weight is 487 g/mol. The lowest BCUT2D eigenvalue weighted by molar-refractivity contribution is -0.144. The van der Waals surface area contributed by atoms with Crippen LogP contribution in [-0.2, 0) is 9.63 Å². The number of rotatable bonds is 9. The zero-order chi connectivity index (χ0) is 20.0. The molecule has 2 rings (SSSR count). The van der Waals surface area contributed by atoms with Crippen molar-refractivity contribution >= 4 is 45.0 Å². The van der Waals surface area contributed by atoms with Crippen LogP contribution in [0.25, 0.3) is 10.8 Å². The van der Waals surface area contributed by atoms with Gasteiger partial charge in [0.15, 0.2) is 11.5 Å². The second kappa shape index (κ2) is 9.87. The molecular weight excluding hydrogens is 461 g/mol. The molecule has 0 aliphatic heterocycles. The predicted molar refractivity (Wildman–Crippen MR) is 115 cm³/mol. The summed E-state index contributed by atoms with van der Waals surface area (Å²) in [6.07, 6.45) is 1.56. The lowest BCUT2D eigenvalue weighted by Gasteiger charge is -2.24. The lowest BCUT2D eigenvalue weighted by atomic mass is 10.1. The molecule has 0 radical (unpaired) electrons. The molecule has 148 valence electrons. The van der Waals surface area contributed by atoms with Gasteiger partial charge >= 0.3 is 5.97 Å². The third-order valence-electron chi connectivity index (χ3n) is 4.16. The number of hydrogen-bond donors (Lipinski definition) is 0. The van der Waals surface area contributed by atoms with E-state index in [1.54, 1.807) is 26.4 Å². The van der Waals surface area contributed by atoms with Gasteiger partial charge in [-0.1, -0.05) is 42.5 Å². The van der Waals surface area contributed by atoms with Gasteiger partial charge in [0.05, 0.1) is 33.6 Å². The van der Waals surface area contributed by atoms with Crippen LogP contribution in [-0.4, -0.2) is 37.8 Å². The van der Waals surface area contributed by atoms with Crippen LogP contribution in [0.3, 0.4) is 0 Å². The van der Waals surface area contributed by atoms with E-state index in [1.807, 2.05) is 38.1 Å². The van der Waals surface area contributed by atoms with E-state index in [0.717, 1.165) is 29.3 Å². The molecule has 0 aromatic heterocycles. The van der Waals surface area contributed by atoms with Gasteiger partial charge in [-0.15, -0.1) is 0 Å². The van der Waals surface area contributed by atoms with Crippen molar-refractivity contribution in [3.63, 3.8) is 0 Å². The number of hydrogen-bond acceptors (Lipinski definition) is 6. The summed E-state index contributed by atoms with van der Waals surface area (Å²) < 4.78 is 16.3. The minimum atomic E-state index is -0.245. The van der Waals surface area contributed by atoms with E-state index in [0.29, 0.717) is 23.8 Å². The maximum absolute atomic E-state index is 12.3. The Kier molecular flexibility index (Phi) is 7.82. The third-order valence-corrected chi connectivity index (χ3v) is 5.54. The van der Waals surface area contributed by atoms with Crippen LogP contribution >= 0.6 is 22.6 Å². The normalized spacial score (nSPS) is 11.8. The van der Waals surface area contributed by atoms with Gasteiger partial charge in [0.2, 0.25) is 5.75 Å². The number of hydroxylamine groups is 1. The topological polar surface area (TPSA) is 57.2 Å². The molecule has 1 unspecified atom stereocenters. The van der Waals surface area contributed by atoms with E-state index in [-0.39, 0.29) is 9.89 Å². The van der Waals surface area contributed by atoms with Crippen LogP contribution in [0, 0.1) is 0 Å². The second-order valence-electron chi connectivity index (χ2n) is 5.94. The van der Waals surface area contributed by atoms with Crippen molar-refractivity contribution < 1.29 is 23.8 Å². The Labute approximate surface area is 173 Å². The molecule has 1 atom stereocenters. The van der Waals surface area contributed by atoms with Crippen molar-refractivity contribution in [3.8, 4) is 17.2 Å². The SMILES string of the molecule is CCCN(OC(=O)C(I)CC)c1ccc2cc(OC)c(OC)c(OC)c2c1. The highest BCUT2D eigenvalue weighted by atomic mass is 127. The molecule has 0 N–H and O–H groups in total. The molecule has 0 bridgehead atoms. The Hall–Kier alpha value is -1.90. The highest BCUT2D eigenvalue weighted by molar-refractivity contribution is 14.1. The summed E-state index contributed by atoms with van der Waals surface area (Å²) in [5, 5.41) is 3.43. The number of carbonyl (C=O) groups excluding carboxylic acids is 1. The van der Waals surface area contributed by atoms with E-state index >= 15 is 0 Å². The number of benzene rings is 2. The number of alkyl halides is 1. The standard InChI is InChI=1S/C20H26INO5/c1-6-10-22(27-20(23)16(21)7-2)14-9-8-13-11-17(24-3)19(26-5)18(25-4)15(13)12-14/h8-9,11-12,16H,6-7,10H2,1-5H3. The van der Waals surface area contributed by atoms with Crippen molar-refractivity contribution in [3.05, 3.63) is 24.3 Å². The molecule has 7 heteroatoms. The maximum Gasteiger partial charge on any atom is 0.345 e. The zero-order valence-corrected chi connectivity index (χ0v) is 18.5. The van der Waals surface area contributed by atoms with Crippen LogP contribution in [0.15, 0.2) is 24.3 Å². The minimum absolute atomic E-state index is 0.179. The first kappa shape index (κ1) is 21.4. The molecule has 2 aromatic rings. The van der Waals surface area contributed by atoms with Gasteiger partial charge in [-0.3, -0.25) is 0 Å². The highest BCUT2D eigenvalue weighted by Gasteiger charge is 2.21. The van der Waals surface area contributed by atoms with E-state index < -0.39 is 0 Å². The van der Waals surface area contributed by atoms with Gasteiger partial charge in [-0.2, -0.15) is 0 Å². The number of nitrogens with zero attached hydrogens (tertiary/aromatic N) is 1. The maximum atomic E-state index is 12.3. The van der Waals surface area contributed by atoms with Crippen molar-refractivity contribution in [2.45, 2.75) is 30.6 Å². The van der Waals surface area contributed by atoms with Crippen LogP contribution < -0.4 is 19.3 Å². The Morgan fingerprint density at radius 1 is 1.07 bits per heavy atom.